The fourth-order valence-electron chi connectivity index (χ4n) is 1.99. The Morgan fingerprint density at radius 1 is 1.36 bits per heavy atom. The van der Waals surface area contributed by atoms with Gasteiger partial charge in [-0.15, -0.1) is 0 Å². The molecule has 0 amide bonds. The minimum absolute atomic E-state index is 0.118. The predicted octanol–water partition coefficient (Wildman–Crippen LogP) is 0.953. The van der Waals surface area contributed by atoms with Crippen LogP contribution in [0.1, 0.15) is 24.7 Å². The number of hydrogen-bond acceptors (Lipinski definition) is 3. The van der Waals surface area contributed by atoms with Crippen LogP contribution in [0, 0.1) is 0 Å². The average Bonchev–Trinajstić information content (AvgIpc) is 2.55. The second-order valence-corrected chi connectivity index (χ2v) is 3.54. The SMILES string of the molecule is CCC1Oc2ccccc2C1B(O)O. The number of para-hydroxylation sites is 1. The summed E-state index contributed by atoms with van der Waals surface area (Å²) in [6, 6.07) is 7.52. The molecule has 4 heteroatoms. The topological polar surface area (TPSA) is 49.7 Å². The quantitative estimate of drug-likeness (QED) is 0.686. The highest BCUT2D eigenvalue weighted by molar-refractivity contribution is 6.43. The van der Waals surface area contributed by atoms with E-state index in [1.807, 2.05) is 31.2 Å². The minimum Gasteiger partial charge on any atom is -0.490 e. The maximum Gasteiger partial charge on any atom is 0.463 e. The van der Waals surface area contributed by atoms with Gasteiger partial charge in [-0.05, 0) is 18.1 Å². The first-order chi connectivity index (χ1) is 6.74. The Morgan fingerprint density at radius 3 is 2.71 bits per heavy atom. The molecular formula is C10H13BO3. The molecule has 0 fully saturated rings. The van der Waals surface area contributed by atoms with Crippen molar-refractivity contribution in [3.63, 3.8) is 0 Å². The van der Waals surface area contributed by atoms with Gasteiger partial charge in [0, 0.05) is 0 Å². The summed E-state index contributed by atoms with van der Waals surface area (Å²) in [7, 11) is -1.34. The van der Waals surface area contributed by atoms with Gasteiger partial charge < -0.3 is 14.8 Å². The van der Waals surface area contributed by atoms with Gasteiger partial charge in [0.25, 0.3) is 0 Å². The van der Waals surface area contributed by atoms with Gasteiger partial charge in [0.05, 0.1) is 5.82 Å². The molecule has 2 N–H and O–H groups in total. The Kier molecular flexibility index (Phi) is 2.48. The van der Waals surface area contributed by atoms with Crippen LogP contribution in [0.5, 0.6) is 5.75 Å². The van der Waals surface area contributed by atoms with Crippen molar-refractivity contribution >= 4 is 7.12 Å². The van der Waals surface area contributed by atoms with Crippen molar-refractivity contribution in [2.75, 3.05) is 0 Å². The standard InChI is InChI=1S/C10H13BO3/c1-2-8-10(11(12)13)7-5-3-4-6-9(7)14-8/h3-6,8,10,12-13H,2H2,1H3. The van der Waals surface area contributed by atoms with Gasteiger partial charge in [-0.1, -0.05) is 25.1 Å². The van der Waals surface area contributed by atoms with Gasteiger partial charge in [-0.25, -0.2) is 0 Å². The summed E-state index contributed by atoms with van der Waals surface area (Å²) in [5.41, 5.74) is 0.898. The van der Waals surface area contributed by atoms with E-state index >= 15 is 0 Å². The summed E-state index contributed by atoms with van der Waals surface area (Å²) in [5, 5.41) is 18.6. The Morgan fingerprint density at radius 2 is 2.07 bits per heavy atom. The Hall–Kier alpha value is -0.995. The second kappa shape index (κ2) is 3.63. The van der Waals surface area contributed by atoms with E-state index in [0.717, 1.165) is 17.7 Å². The van der Waals surface area contributed by atoms with E-state index in [0.29, 0.717) is 0 Å². The molecule has 0 saturated heterocycles. The lowest BCUT2D eigenvalue weighted by Gasteiger charge is -2.15. The van der Waals surface area contributed by atoms with Crippen molar-refractivity contribution in [2.24, 2.45) is 0 Å². The zero-order valence-electron chi connectivity index (χ0n) is 8.05. The van der Waals surface area contributed by atoms with Crippen LogP contribution in [0.25, 0.3) is 0 Å². The largest absolute Gasteiger partial charge is 0.490 e. The molecule has 0 radical (unpaired) electrons. The van der Waals surface area contributed by atoms with Crippen LogP contribution in [0.4, 0.5) is 0 Å². The summed E-state index contributed by atoms with van der Waals surface area (Å²) in [6.07, 6.45) is 0.657. The molecule has 74 valence electrons. The first-order valence-corrected chi connectivity index (χ1v) is 4.85. The van der Waals surface area contributed by atoms with E-state index in [1.165, 1.54) is 0 Å². The van der Waals surface area contributed by atoms with E-state index in [2.05, 4.69) is 0 Å². The van der Waals surface area contributed by atoms with Gasteiger partial charge in [-0.3, -0.25) is 0 Å². The maximum atomic E-state index is 9.28. The van der Waals surface area contributed by atoms with Crippen molar-refractivity contribution in [2.45, 2.75) is 25.3 Å². The molecule has 14 heavy (non-hydrogen) atoms. The van der Waals surface area contributed by atoms with Gasteiger partial charge in [0.1, 0.15) is 11.9 Å². The lowest BCUT2D eigenvalue weighted by Crippen LogP contribution is -2.32. The van der Waals surface area contributed by atoms with Crippen molar-refractivity contribution in [3.05, 3.63) is 29.8 Å². The monoisotopic (exact) mass is 192 g/mol. The number of hydrogen-bond donors (Lipinski definition) is 2. The van der Waals surface area contributed by atoms with Crippen LogP contribution in [0.15, 0.2) is 24.3 Å². The second-order valence-electron chi connectivity index (χ2n) is 3.54. The van der Waals surface area contributed by atoms with E-state index in [4.69, 9.17) is 4.74 Å². The molecule has 0 saturated carbocycles. The highest BCUT2D eigenvalue weighted by Crippen LogP contribution is 2.39. The summed E-state index contributed by atoms with van der Waals surface area (Å²) in [4.78, 5) is 0. The smallest absolute Gasteiger partial charge is 0.463 e. The third-order valence-electron chi connectivity index (χ3n) is 2.68. The van der Waals surface area contributed by atoms with Crippen molar-refractivity contribution in [1.29, 1.82) is 0 Å². The molecule has 0 aliphatic carbocycles. The number of ether oxygens (including phenoxy) is 1. The van der Waals surface area contributed by atoms with Crippen LogP contribution in [-0.2, 0) is 0 Å². The number of rotatable bonds is 2. The van der Waals surface area contributed by atoms with Crippen LogP contribution in [-0.4, -0.2) is 23.3 Å². The van der Waals surface area contributed by atoms with Gasteiger partial charge >= 0.3 is 7.12 Å². The third-order valence-corrected chi connectivity index (χ3v) is 2.68. The summed E-state index contributed by atoms with van der Waals surface area (Å²) in [5.74, 6) is 0.466. The molecule has 2 unspecified atom stereocenters. The van der Waals surface area contributed by atoms with Crippen LogP contribution in [0.2, 0.25) is 0 Å². The first kappa shape index (κ1) is 9.56. The van der Waals surface area contributed by atoms with Crippen LogP contribution < -0.4 is 4.74 Å². The first-order valence-electron chi connectivity index (χ1n) is 4.85. The molecule has 0 spiro atoms. The fourth-order valence-corrected chi connectivity index (χ4v) is 1.99. The highest BCUT2D eigenvalue weighted by atomic mass is 16.5. The molecule has 1 aromatic carbocycles. The van der Waals surface area contributed by atoms with Crippen molar-refractivity contribution < 1.29 is 14.8 Å². The van der Waals surface area contributed by atoms with Crippen LogP contribution in [0.3, 0.4) is 0 Å². The van der Waals surface area contributed by atoms with Crippen LogP contribution >= 0.6 is 0 Å². The predicted molar refractivity (Wildman–Crippen MR) is 54.1 cm³/mol. The number of benzene rings is 1. The summed E-state index contributed by atoms with van der Waals surface area (Å²) in [6.45, 7) is 1.98. The molecule has 1 aromatic rings. The normalized spacial score (nSPS) is 24.2. The lowest BCUT2D eigenvalue weighted by molar-refractivity contribution is 0.207. The zero-order chi connectivity index (χ0) is 10.1. The molecular weight excluding hydrogens is 179 g/mol. The summed E-state index contributed by atoms with van der Waals surface area (Å²) >= 11 is 0. The van der Waals surface area contributed by atoms with E-state index in [-0.39, 0.29) is 11.9 Å². The molecule has 1 heterocycles. The lowest BCUT2D eigenvalue weighted by atomic mass is 9.66. The van der Waals surface area contributed by atoms with Gasteiger partial charge in [0.2, 0.25) is 0 Å². The Bertz CT molecular complexity index is 327. The Labute approximate surface area is 83.5 Å². The third kappa shape index (κ3) is 1.40. The van der Waals surface area contributed by atoms with Gasteiger partial charge in [0.15, 0.2) is 0 Å². The van der Waals surface area contributed by atoms with E-state index < -0.39 is 7.12 Å². The zero-order valence-corrected chi connectivity index (χ0v) is 8.05. The fraction of sp³-hybridized carbons (Fsp3) is 0.400. The summed E-state index contributed by atoms with van der Waals surface area (Å²) < 4.78 is 5.61. The molecule has 2 rings (SSSR count). The van der Waals surface area contributed by atoms with E-state index in [1.54, 1.807) is 0 Å². The average molecular weight is 192 g/mol. The minimum atomic E-state index is -1.34. The maximum absolute atomic E-state index is 9.28. The molecule has 1 aliphatic heterocycles. The highest BCUT2D eigenvalue weighted by Gasteiger charge is 2.40. The Balaban J connectivity index is 2.37. The molecule has 0 bridgehead atoms. The number of fused-ring (bicyclic) bond motifs is 1. The molecule has 1 aliphatic rings. The molecule has 2 atom stereocenters. The van der Waals surface area contributed by atoms with Crippen molar-refractivity contribution in [3.8, 4) is 5.75 Å². The molecule has 0 aromatic heterocycles. The molecule has 3 nitrogen and oxygen atoms in total. The van der Waals surface area contributed by atoms with E-state index in [9.17, 15) is 10.0 Å². The van der Waals surface area contributed by atoms with Crippen molar-refractivity contribution in [1.82, 2.24) is 0 Å². The van der Waals surface area contributed by atoms with Gasteiger partial charge in [-0.2, -0.15) is 0 Å².